The number of ether oxygens (including phenoxy) is 2. The first kappa shape index (κ1) is 17.9. The van der Waals surface area contributed by atoms with Gasteiger partial charge in [-0.05, 0) is 29.3 Å². The van der Waals surface area contributed by atoms with Crippen LogP contribution in [0.2, 0.25) is 0 Å². The Labute approximate surface area is 145 Å². The number of benzene rings is 2. The molecule has 0 heterocycles. The van der Waals surface area contributed by atoms with E-state index in [4.69, 9.17) is 9.47 Å². The summed E-state index contributed by atoms with van der Waals surface area (Å²) in [5.74, 6) is 0.00335. The van der Waals surface area contributed by atoms with Gasteiger partial charge >= 0.3 is 5.97 Å². The Morgan fingerprint density at radius 2 is 1.76 bits per heavy atom. The minimum Gasteiger partial charge on any atom is -0.497 e. The van der Waals surface area contributed by atoms with Crippen LogP contribution >= 0.6 is 0 Å². The molecule has 0 fully saturated rings. The van der Waals surface area contributed by atoms with Gasteiger partial charge < -0.3 is 9.47 Å². The molecule has 0 bridgehead atoms. The normalized spacial score (nSPS) is 11.3. The molecule has 0 N–H and O–H groups in total. The molecule has 0 aliphatic carbocycles. The molecule has 0 unspecified atom stereocenters. The SMILES string of the molecule is COc1ccc(/C=C(\COC(=O)/C=C/c2ccccc2)[N+](=O)[O-])cc1. The van der Waals surface area contributed by atoms with Crippen molar-refractivity contribution < 1.29 is 19.2 Å². The van der Waals surface area contributed by atoms with Crippen LogP contribution in [0.3, 0.4) is 0 Å². The molecule has 2 aromatic carbocycles. The lowest BCUT2D eigenvalue weighted by molar-refractivity contribution is -0.428. The fraction of sp³-hybridized carbons (Fsp3) is 0.105. The van der Waals surface area contributed by atoms with Crippen LogP contribution in [0.4, 0.5) is 0 Å². The number of carbonyl (C=O) groups is 1. The molecule has 0 radical (unpaired) electrons. The molecule has 0 aromatic heterocycles. The van der Waals surface area contributed by atoms with Gasteiger partial charge in [0, 0.05) is 12.2 Å². The zero-order valence-corrected chi connectivity index (χ0v) is 13.6. The maximum absolute atomic E-state index is 11.7. The summed E-state index contributed by atoms with van der Waals surface area (Å²) in [6.45, 7) is -0.420. The maximum atomic E-state index is 11.7. The topological polar surface area (TPSA) is 78.7 Å². The van der Waals surface area contributed by atoms with Crippen LogP contribution in [0.1, 0.15) is 11.1 Å². The van der Waals surface area contributed by atoms with Crippen LogP contribution in [0, 0.1) is 10.1 Å². The van der Waals surface area contributed by atoms with Gasteiger partial charge in [0.1, 0.15) is 5.75 Å². The van der Waals surface area contributed by atoms with E-state index in [1.807, 2.05) is 30.3 Å². The third-order valence-electron chi connectivity index (χ3n) is 3.26. The number of carbonyl (C=O) groups excluding carboxylic acids is 1. The Morgan fingerprint density at radius 3 is 2.36 bits per heavy atom. The average molecular weight is 339 g/mol. The van der Waals surface area contributed by atoms with Crippen molar-refractivity contribution in [2.24, 2.45) is 0 Å². The third kappa shape index (κ3) is 5.95. The molecule has 128 valence electrons. The van der Waals surface area contributed by atoms with E-state index in [-0.39, 0.29) is 5.70 Å². The average Bonchev–Trinajstić information content (AvgIpc) is 2.64. The number of methoxy groups -OCH3 is 1. The van der Waals surface area contributed by atoms with E-state index in [0.29, 0.717) is 11.3 Å². The van der Waals surface area contributed by atoms with Crippen LogP contribution < -0.4 is 4.74 Å². The molecule has 2 aromatic rings. The first-order valence-corrected chi connectivity index (χ1v) is 7.47. The summed E-state index contributed by atoms with van der Waals surface area (Å²) in [6, 6.07) is 15.9. The highest BCUT2D eigenvalue weighted by Gasteiger charge is 2.13. The number of esters is 1. The van der Waals surface area contributed by atoms with E-state index >= 15 is 0 Å². The van der Waals surface area contributed by atoms with Crippen molar-refractivity contribution >= 4 is 18.1 Å². The summed E-state index contributed by atoms with van der Waals surface area (Å²) in [4.78, 5) is 22.3. The Hall–Kier alpha value is -3.41. The quantitative estimate of drug-likeness (QED) is 0.333. The second kappa shape index (κ2) is 9.02. The first-order chi connectivity index (χ1) is 12.1. The largest absolute Gasteiger partial charge is 0.497 e. The van der Waals surface area contributed by atoms with Gasteiger partial charge in [-0.1, -0.05) is 42.5 Å². The van der Waals surface area contributed by atoms with E-state index in [9.17, 15) is 14.9 Å². The highest BCUT2D eigenvalue weighted by atomic mass is 16.6. The molecule has 0 aliphatic heterocycles. The van der Waals surface area contributed by atoms with Gasteiger partial charge in [-0.2, -0.15) is 0 Å². The van der Waals surface area contributed by atoms with Gasteiger partial charge in [0.2, 0.25) is 0 Å². The summed E-state index contributed by atoms with van der Waals surface area (Å²) in [5, 5.41) is 11.1. The maximum Gasteiger partial charge on any atom is 0.331 e. The Balaban J connectivity index is 1.99. The minimum atomic E-state index is -0.647. The van der Waals surface area contributed by atoms with Crippen molar-refractivity contribution in [3.63, 3.8) is 0 Å². The monoisotopic (exact) mass is 339 g/mol. The van der Waals surface area contributed by atoms with Crippen LogP contribution in [-0.4, -0.2) is 24.6 Å². The Morgan fingerprint density at radius 1 is 1.08 bits per heavy atom. The molecule has 25 heavy (non-hydrogen) atoms. The van der Waals surface area contributed by atoms with Gasteiger partial charge in [0.05, 0.1) is 12.0 Å². The lowest BCUT2D eigenvalue weighted by Crippen LogP contribution is -2.10. The summed E-state index contributed by atoms with van der Waals surface area (Å²) in [5.41, 5.74) is 1.23. The van der Waals surface area contributed by atoms with E-state index in [1.165, 1.54) is 19.3 Å². The summed E-state index contributed by atoms with van der Waals surface area (Å²) in [6.07, 6.45) is 4.18. The zero-order valence-electron chi connectivity index (χ0n) is 13.6. The predicted octanol–water partition coefficient (Wildman–Crippen LogP) is 3.57. The molecule has 0 saturated carbocycles. The lowest BCUT2D eigenvalue weighted by Gasteiger charge is -2.02. The van der Waals surface area contributed by atoms with Crippen molar-refractivity contribution in [1.82, 2.24) is 0 Å². The van der Waals surface area contributed by atoms with Crippen molar-refractivity contribution in [2.75, 3.05) is 13.7 Å². The zero-order chi connectivity index (χ0) is 18.1. The highest BCUT2D eigenvalue weighted by molar-refractivity contribution is 5.87. The number of nitro groups is 1. The van der Waals surface area contributed by atoms with Crippen LogP contribution in [0.5, 0.6) is 5.75 Å². The van der Waals surface area contributed by atoms with E-state index in [2.05, 4.69) is 0 Å². The van der Waals surface area contributed by atoms with Gasteiger partial charge in [0.25, 0.3) is 5.70 Å². The molecule has 0 aliphatic rings. The molecular formula is C19H17NO5. The van der Waals surface area contributed by atoms with Crippen LogP contribution in [0.15, 0.2) is 66.4 Å². The molecular weight excluding hydrogens is 322 g/mol. The van der Waals surface area contributed by atoms with Gasteiger partial charge in [-0.3, -0.25) is 10.1 Å². The molecule has 6 nitrogen and oxygen atoms in total. The fourth-order valence-corrected chi connectivity index (χ4v) is 1.96. The van der Waals surface area contributed by atoms with E-state index < -0.39 is 17.5 Å². The van der Waals surface area contributed by atoms with E-state index in [1.54, 1.807) is 30.3 Å². The molecule has 2 rings (SSSR count). The lowest BCUT2D eigenvalue weighted by atomic mass is 10.2. The second-order valence-corrected chi connectivity index (χ2v) is 5.02. The number of hydrogen-bond acceptors (Lipinski definition) is 5. The predicted molar refractivity (Wildman–Crippen MR) is 94.4 cm³/mol. The second-order valence-electron chi connectivity index (χ2n) is 5.02. The molecule has 0 spiro atoms. The number of rotatable bonds is 7. The van der Waals surface area contributed by atoms with E-state index in [0.717, 1.165) is 5.56 Å². The van der Waals surface area contributed by atoms with Crippen LogP contribution in [-0.2, 0) is 9.53 Å². The van der Waals surface area contributed by atoms with Gasteiger partial charge in [-0.15, -0.1) is 0 Å². The molecule has 6 heteroatoms. The highest BCUT2D eigenvalue weighted by Crippen LogP contribution is 2.14. The third-order valence-corrected chi connectivity index (χ3v) is 3.26. The summed E-state index contributed by atoms with van der Waals surface area (Å²) >= 11 is 0. The van der Waals surface area contributed by atoms with Crippen LogP contribution in [0.25, 0.3) is 12.2 Å². The van der Waals surface area contributed by atoms with Crippen molar-refractivity contribution in [3.8, 4) is 5.75 Å². The summed E-state index contributed by atoms with van der Waals surface area (Å²) in [7, 11) is 1.54. The number of nitrogens with zero attached hydrogens (tertiary/aromatic N) is 1. The fourth-order valence-electron chi connectivity index (χ4n) is 1.96. The smallest absolute Gasteiger partial charge is 0.331 e. The molecule has 0 atom stereocenters. The standard InChI is InChI=1S/C19H17NO5/c1-24-18-10-7-16(8-11-18)13-17(20(22)23)14-25-19(21)12-9-15-5-3-2-4-6-15/h2-13H,14H2,1H3/b12-9+,17-13+. The Kier molecular flexibility index (Phi) is 6.47. The molecule has 0 amide bonds. The van der Waals surface area contributed by atoms with Crippen molar-refractivity contribution in [2.45, 2.75) is 0 Å². The van der Waals surface area contributed by atoms with Gasteiger partial charge in [-0.25, -0.2) is 4.79 Å². The van der Waals surface area contributed by atoms with Gasteiger partial charge in [0.15, 0.2) is 6.61 Å². The van der Waals surface area contributed by atoms with Crippen molar-refractivity contribution in [1.29, 1.82) is 0 Å². The molecule has 0 saturated heterocycles. The summed E-state index contributed by atoms with van der Waals surface area (Å²) < 4.78 is 9.98. The minimum absolute atomic E-state index is 0.216. The number of hydrogen-bond donors (Lipinski definition) is 0. The first-order valence-electron chi connectivity index (χ1n) is 7.47. The Bertz CT molecular complexity index is 779. The van der Waals surface area contributed by atoms with Crippen molar-refractivity contribution in [3.05, 3.63) is 87.6 Å².